The van der Waals surface area contributed by atoms with Crippen LogP contribution in [-0.4, -0.2) is 111 Å². The maximum absolute atomic E-state index is 10.9. The Morgan fingerprint density at radius 1 is 1.12 bits per heavy atom. The van der Waals surface area contributed by atoms with Crippen LogP contribution < -0.4 is 0 Å². The number of aliphatic hydroxyl groups excluding tert-OH is 6. The third-order valence-electron chi connectivity index (χ3n) is 4.82. The summed E-state index contributed by atoms with van der Waals surface area (Å²) in [5, 5.41) is 68.6. The van der Waals surface area contributed by atoms with Crippen LogP contribution in [0.4, 0.5) is 0 Å². The molecule has 0 aromatic heterocycles. The van der Waals surface area contributed by atoms with Crippen LogP contribution >= 0.6 is 0 Å². The van der Waals surface area contributed by atoms with Gasteiger partial charge in [0.15, 0.2) is 6.29 Å². The van der Waals surface area contributed by atoms with E-state index < -0.39 is 61.2 Å². The number of aliphatic hydroxyl groups is 7. The van der Waals surface area contributed by atoms with E-state index in [0.29, 0.717) is 0 Å². The van der Waals surface area contributed by atoms with E-state index in [1.807, 2.05) is 0 Å². The Morgan fingerprint density at radius 3 is 2.20 bits per heavy atom. The molecule has 1 saturated heterocycles. The Morgan fingerprint density at radius 2 is 1.72 bits per heavy atom. The molecule has 10 nitrogen and oxygen atoms in total. The lowest BCUT2D eigenvalue weighted by Gasteiger charge is -2.47. The normalized spacial score (nSPS) is 36.5. The molecule has 0 aromatic carbocycles. The Hall–Kier alpha value is -0.400. The average Bonchev–Trinajstić information content (AvgIpc) is 2.59. The molecule has 0 radical (unpaired) electrons. The van der Waals surface area contributed by atoms with Gasteiger partial charge in [0.2, 0.25) is 0 Å². The van der Waals surface area contributed by atoms with E-state index in [0.717, 1.165) is 0 Å². The van der Waals surface area contributed by atoms with Gasteiger partial charge in [-0.1, -0.05) is 0 Å². The lowest BCUT2D eigenvalue weighted by Crippen LogP contribution is -2.62. The first-order valence-electron chi connectivity index (χ1n) is 8.06. The molecule has 1 heterocycles. The molecule has 1 aliphatic heterocycles. The van der Waals surface area contributed by atoms with Gasteiger partial charge in [0.05, 0.1) is 24.9 Å². The van der Waals surface area contributed by atoms with Crippen molar-refractivity contribution in [2.45, 2.75) is 74.4 Å². The van der Waals surface area contributed by atoms with E-state index in [1.54, 1.807) is 0 Å². The molecule has 0 aliphatic carbocycles. The van der Waals surface area contributed by atoms with Crippen LogP contribution in [0.3, 0.4) is 0 Å². The quantitative estimate of drug-likeness (QED) is 0.218. The zero-order valence-corrected chi connectivity index (χ0v) is 14.6. The molecule has 7 N–H and O–H groups in total. The molecule has 0 aromatic rings. The Bertz CT molecular complexity index is 397. The van der Waals surface area contributed by atoms with Crippen LogP contribution in [0, 0.1) is 0 Å². The molecule has 1 rings (SSSR count). The van der Waals surface area contributed by atoms with Crippen LogP contribution in [0.25, 0.3) is 0 Å². The van der Waals surface area contributed by atoms with Crippen LogP contribution in [0.2, 0.25) is 0 Å². The number of methoxy groups -OCH3 is 2. The zero-order valence-electron chi connectivity index (χ0n) is 14.6. The maximum Gasteiger partial charge on any atom is 0.181 e. The third kappa shape index (κ3) is 5.07. The van der Waals surface area contributed by atoms with Crippen molar-refractivity contribution in [2.75, 3.05) is 20.8 Å². The van der Waals surface area contributed by atoms with Gasteiger partial charge >= 0.3 is 0 Å². The first kappa shape index (κ1) is 22.6. The summed E-state index contributed by atoms with van der Waals surface area (Å²) in [6.45, 7) is 0.755. The van der Waals surface area contributed by atoms with Gasteiger partial charge in [-0.15, -0.1) is 0 Å². The molecule has 0 spiro atoms. The summed E-state index contributed by atoms with van der Waals surface area (Å²) in [5.41, 5.74) is -1.69. The summed E-state index contributed by atoms with van der Waals surface area (Å²) in [6.07, 6.45) is -10.8. The topological polar surface area (TPSA) is 169 Å². The molecule has 150 valence electrons. The minimum absolute atomic E-state index is 0.115. The molecule has 0 amide bonds. The average molecular weight is 370 g/mol. The predicted molar refractivity (Wildman–Crippen MR) is 83.4 cm³/mol. The molecule has 0 saturated carbocycles. The predicted octanol–water partition coefficient (Wildman–Crippen LogP) is -3.30. The van der Waals surface area contributed by atoms with Crippen LogP contribution in [0.15, 0.2) is 0 Å². The summed E-state index contributed by atoms with van der Waals surface area (Å²) in [6, 6.07) is 0. The fourth-order valence-electron chi connectivity index (χ4n) is 3.06. The van der Waals surface area contributed by atoms with Gasteiger partial charge in [-0.2, -0.15) is 0 Å². The van der Waals surface area contributed by atoms with Crippen molar-refractivity contribution in [2.24, 2.45) is 0 Å². The highest BCUT2D eigenvalue weighted by Crippen LogP contribution is 2.35. The first-order chi connectivity index (χ1) is 11.6. The molecule has 25 heavy (non-hydrogen) atoms. The van der Waals surface area contributed by atoms with Crippen LogP contribution in [0.5, 0.6) is 0 Å². The molecule has 10 heteroatoms. The van der Waals surface area contributed by atoms with Crippen molar-refractivity contribution in [1.29, 1.82) is 0 Å². The molecule has 1 aliphatic rings. The summed E-state index contributed by atoms with van der Waals surface area (Å²) < 4.78 is 15.5. The molecule has 1 unspecified atom stereocenters. The first-order valence-corrected chi connectivity index (χ1v) is 8.06. The number of hydrogen-bond donors (Lipinski definition) is 7. The van der Waals surface area contributed by atoms with E-state index in [9.17, 15) is 30.6 Å². The van der Waals surface area contributed by atoms with Crippen molar-refractivity contribution < 1.29 is 50.0 Å². The number of rotatable bonds is 9. The van der Waals surface area contributed by atoms with Gasteiger partial charge < -0.3 is 50.0 Å². The molecular formula is C15H30O10. The highest BCUT2D eigenvalue weighted by atomic mass is 16.6. The molecular weight excluding hydrogens is 340 g/mol. The lowest BCUT2D eigenvalue weighted by atomic mass is 9.80. The Balaban J connectivity index is 2.90. The van der Waals surface area contributed by atoms with E-state index in [2.05, 4.69) is 0 Å². The summed E-state index contributed by atoms with van der Waals surface area (Å²) in [5.74, 6) is 0. The van der Waals surface area contributed by atoms with Crippen LogP contribution in [0.1, 0.15) is 19.8 Å². The van der Waals surface area contributed by atoms with E-state index in [-0.39, 0.29) is 12.8 Å². The minimum atomic E-state index is -1.69. The van der Waals surface area contributed by atoms with Crippen molar-refractivity contribution in [3.8, 4) is 0 Å². The zero-order chi connectivity index (χ0) is 19.4. The van der Waals surface area contributed by atoms with Gasteiger partial charge in [0.25, 0.3) is 0 Å². The summed E-state index contributed by atoms with van der Waals surface area (Å²) in [4.78, 5) is 0. The van der Waals surface area contributed by atoms with Gasteiger partial charge in [-0.05, 0) is 6.92 Å². The van der Waals surface area contributed by atoms with Gasteiger partial charge in [-0.25, -0.2) is 0 Å². The highest BCUT2D eigenvalue weighted by Gasteiger charge is 2.51. The summed E-state index contributed by atoms with van der Waals surface area (Å²) in [7, 11) is 2.58. The Labute approximate surface area is 146 Å². The highest BCUT2D eigenvalue weighted by molar-refractivity contribution is 5.00. The molecule has 0 bridgehead atoms. The van der Waals surface area contributed by atoms with Gasteiger partial charge in [0.1, 0.15) is 30.0 Å². The fraction of sp³-hybridized carbons (Fsp3) is 1.00. The maximum atomic E-state index is 10.9. The monoisotopic (exact) mass is 370 g/mol. The fourth-order valence-corrected chi connectivity index (χ4v) is 3.06. The van der Waals surface area contributed by atoms with Crippen molar-refractivity contribution in [3.63, 3.8) is 0 Å². The lowest BCUT2D eigenvalue weighted by molar-refractivity contribution is -0.295. The minimum Gasteiger partial charge on any atom is -0.394 e. The largest absolute Gasteiger partial charge is 0.394 e. The van der Waals surface area contributed by atoms with E-state index >= 15 is 0 Å². The van der Waals surface area contributed by atoms with Crippen LogP contribution in [-0.2, 0) is 14.2 Å². The van der Waals surface area contributed by atoms with Gasteiger partial charge in [0, 0.05) is 27.1 Å². The molecule has 1 fully saturated rings. The van der Waals surface area contributed by atoms with E-state index in [4.69, 9.17) is 19.3 Å². The molecule has 9 atom stereocenters. The number of ether oxygens (including phenoxy) is 3. The number of hydrogen-bond acceptors (Lipinski definition) is 10. The van der Waals surface area contributed by atoms with Crippen molar-refractivity contribution >= 4 is 0 Å². The second kappa shape index (κ2) is 9.51. The SMILES string of the molecule is CO[C@@H](C[C@@H](OC)[C@@]1(O)C[C@@H](O)C(O)O[C@@H]1C)[C@@H](O)[C@@H](O)[C@H](O)CO. The summed E-state index contributed by atoms with van der Waals surface area (Å²) >= 11 is 0. The van der Waals surface area contributed by atoms with Gasteiger partial charge in [-0.3, -0.25) is 0 Å². The standard InChI is InChI=1S/C15H30O10/c1-7-15(22,5-8(17)14(21)25-7)11(24-3)4-10(23-2)13(20)12(19)9(18)6-16/h7-14,16-22H,4-6H2,1-3H3/t7-,8-,9-,10+,11-,12+,13-,14?,15-/m1/s1. The second-order valence-electron chi connectivity index (χ2n) is 6.40. The smallest absolute Gasteiger partial charge is 0.181 e. The van der Waals surface area contributed by atoms with E-state index in [1.165, 1.54) is 21.1 Å². The van der Waals surface area contributed by atoms with Crippen molar-refractivity contribution in [3.05, 3.63) is 0 Å². The second-order valence-corrected chi connectivity index (χ2v) is 6.40. The Kier molecular flexibility index (Phi) is 8.61. The van der Waals surface area contributed by atoms with Crippen molar-refractivity contribution in [1.82, 2.24) is 0 Å². The third-order valence-corrected chi connectivity index (χ3v) is 4.82.